The van der Waals surface area contributed by atoms with Crippen molar-refractivity contribution >= 4 is 0 Å². The number of rotatable bonds is 4. The first kappa shape index (κ1) is 10.4. The summed E-state index contributed by atoms with van der Waals surface area (Å²) in [6.45, 7) is 8.96. The van der Waals surface area contributed by atoms with Crippen LogP contribution in [0.4, 0.5) is 0 Å². The van der Waals surface area contributed by atoms with E-state index in [9.17, 15) is 0 Å². The molecule has 0 aromatic carbocycles. The highest BCUT2D eigenvalue weighted by Gasteiger charge is 2.15. The van der Waals surface area contributed by atoms with E-state index in [1.54, 1.807) is 0 Å². The largest absolute Gasteiger partial charge is 0.472 e. The van der Waals surface area contributed by atoms with Gasteiger partial charge in [-0.05, 0) is 35.8 Å². The topological polar surface area (TPSA) is 13.1 Å². The van der Waals surface area contributed by atoms with Gasteiger partial charge in [-0.3, -0.25) is 0 Å². The van der Waals surface area contributed by atoms with Gasteiger partial charge in [0, 0.05) is 0 Å². The van der Waals surface area contributed by atoms with Crippen LogP contribution in [0.5, 0.6) is 0 Å². The Morgan fingerprint density at radius 2 is 1.38 bits per heavy atom. The molecule has 74 valence electrons. The molecular weight excluding hydrogens is 160 g/mol. The summed E-state index contributed by atoms with van der Waals surface area (Å²) in [4.78, 5) is 0. The molecule has 0 saturated heterocycles. The maximum absolute atomic E-state index is 5.29. The molecule has 2 atom stereocenters. The van der Waals surface area contributed by atoms with Crippen molar-refractivity contribution in [3.63, 3.8) is 0 Å². The van der Waals surface area contributed by atoms with E-state index >= 15 is 0 Å². The molecule has 0 aliphatic rings. The van der Waals surface area contributed by atoms with Crippen LogP contribution in [0.3, 0.4) is 0 Å². The Hall–Kier alpha value is -0.720. The summed E-state index contributed by atoms with van der Waals surface area (Å²) < 4.78 is 5.29. The molecule has 2 unspecified atom stereocenters. The van der Waals surface area contributed by atoms with Gasteiger partial charge in [-0.25, -0.2) is 0 Å². The van der Waals surface area contributed by atoms with Gasteiger partial charge in [0.1, 0.15) is 0 Å². The zero-order valence-corrected chi connectivity index (χ0v) is 9.13. The number of hydrogen-bond donors (Lipinski definition) is 0. The molecule has 0 radical (unpaired) electrons. The Balaban J connectivity index is 2.88. The van der Waals surface area contributed by atoms with Crippen LogP contribution in [-0.2, 0) is 0 Å². The average Bonchev–Trinajstić information content (AvgIpc) is 2.63. The van der Waals surface area contributed by atoms with E-state index in [2.05, 4.69) is 27.7 Å². The number of furan rings is 1. The minimum atomic E-state index is 0.628. The Morgan fingerprint density at radius 3 is 1.69 bits per heavy atom. The zero-order chi connectivity index (χ0) is 9.84. The van der Waals surface area contributed by atoms with E-state index in [0.717, 1.165) is 0 Å². The quantitative estimate of drug-likeness (QED) is 0.673. The van der Waals surface area contributed by atoms with Crippen molar-refractivity contribution in [2.45, 2.75) is 52.4 Å². The smallest absolute Gasteiger partial charge is 0.0940 e. The molecule has 0 saturated carbocycles. The van der Waals surface area contributed by atoms with Gasteiger partial charge in [0.25, 0.3) is 0 Å². The summed E-state index contributed by atoms with van der Waals surface area (Å²) in [5, 5.41) is 0. The van der Waals surface area contributed by atoms with Crippen LogP contribution < -0.4 is 0 Å². The van der Waals surface area contributed by atoms with Crippen molar-refractivity contribution in [3.8, 4) is 0 Å². The van der Waals surface area contributed by atoms with Crippen LogP contribution in [0.25, 0.3) is 0 Å². The van der Waals surface area contributed by atoms with Crippen molar-refractivity contribution in [1.82, 2.24) is 0 Å². The lowest BCUT2D eigenvalue weighted by molar-refractivity contribution is 0.554. The Kier molecular flexibility index (Phi) is 3.58. The molecule has 0 N–H and O–H groups in total. The highest BCUT2D eigenvalue weighted by atomic mass is 16.3. The Morgan fingerprint density at radius 1 is 1.00 bits per heavy atom. The lowest BCUT2D eigenvalue weighted by atomic mass is 9.90. The summed E-state index contributed by atoms with van der Waals surface area (Å²) >= 11 is 0. The number of hydrogen-bond acceptors (Lipinski definition) is 1. The maximum Gasteiger partial charge on any atom is 0.0940 e. The molecule has 1 rings (SSSR count). The van der Waals surface area contributed by atoms with Crippen LogP contribution in [-0.4, -0.2) is 0 Å². The summed E-state index contributed by atoms with van der Waals surface area (Å²) in [5.41, 5.74) is 2.80. The lowest BCUT2D eigenvalue weighted by Gasteiger charge is -2.12. The summed E-state index contributed by atoms with van der Waals surface area (Å²) in [7, 11) is 0. The van der Waals surface area contributed by atoms with E-state index < -0.39 is 0 Å². The molecule has 1 aromatic rings. The second-order valence-corrected chi connectivity index (χ2v) is 3.90. The molecule has 13 heavy (non-hydrogen) atoms. The summed E-state index contributed by atoms with van der Waals surface area (Å²) in [5.74, 6) is 1.26. The van der Waals surface area contributed by atoms with E-state index in [0.29, 0.717) is 11.8 Å². The van der Waals surface area contributed by atoms with Gasteiger partial charge < -0.3 is 4.42 Å². The van der Waals surface area contributed by atoms with Crippen LogP contribution in [0.2, 0.25) is 0 Å². The molecule has 0 fully saturated rings. The monoisotopic (exact) mass is 180 g/mol. The van der Waals surface area contributed by atoms with Gasteiger partial charge in [0.2, 0.25) is 0 Å². The average molecular weight is 180 g/mol. The molecular formula is C12H20O. The second-order valence-electron chi connectivity index (χ2n) is 3.90. The van der Waals surface area contributed by atoms with Crippen LogP contribution in [0.15, 0.2) is 16.9 Å². The van der Waals surface area contributed by atoms with Crippen molar-refractivity contribution < 1.29 is 4.42 Å². The molecule has 0 aliphatic carbocycles. The minimum absolute atomic E-state index is 0.628. The van der Waals surface area contributed by atoms with Gasteiger partial charge >= 0.3 is 0 Å². The molecule has 0 amide bonds. The van der Waals surface area contributed by atoms with Crippen molar-refractivity contribution in [2.24, 2.45) is 0 Å². The molecule has 0 aliphatic heterocycles. The van der Waals surface area contributed by atoms with Crippen LogP contribution in [0, 0.1) is 0 Å². The molecule has 1 heterocycles. The second kappa shape index (κ2) is 4.50. The van der Waals surface area contributed by atoms with Crippen LogP contribution >= 0.6 is 0 Å². The first-order valence-corrected chi connectivity index (χ1v) is 5.26. The Labute approximate surface area is 81.1 Å². The first-order valence-electron chi connectivity index (χ1n) is 5.26. The molecule has 0 bridgehead atoms. The first-order chi connectivity index (χ1) is 6.20. The van der Waals surface area contributed by atoms with E-state index in [4.69, 9.17) is 4.42 Å². The van der Waals surface area contributed by atoms with Gasteiger partial charge in [0.15, 0.2) is 0 Å². The third kappa shape index (κ3) is 2.15. The highest BCUT2D eigenvalue weighted by molar-refractivity contribution is 5.27. The molecule has 1 aromatic heterocycles. The molecule has 1 nitrogen and oxygen atoms in total. The van der Waals surface area contributed by atoms with E-state index in [1.807, 2.05) is 12.5 Å². The Bertz CT molecular complexity index is 225. The standard InChI is InChI=1S/C12H20O/c1-5-9(3)11-7-13-8-12(11)10(4)6-2/h7-10H,5-6H2,1-4H3. The predicted molar refractivity (Wildman–Crippen MR) is 56.1 cm³/mol. The lowest BCUT2D eigenvalue weighted by Crippen LogP contribution is -1.97. The fourth-order valence-corrected chi connectivity index (χ4v) is 1.56. The fraction of sp³-hybridized carbons (Fsp3) is 0.667. The normalized spacial score (nSPS) is 15.7. The molecule has 0 spiro atoms. The van der Waals surface area contributed by atoms with E-state index in [-0.39, 0.29) is 0 Å². The summed E-state index contributed by atoms with van der Waals surface area (Å²) in [6.07, 6.45) is 6.19. The predicted octanol–water partition coefficient (Wildman–Crippen LogP) is 4.31. The molecule has 1 heteroatoms. The van der Waals surface area contributed by atoms with Crippen molar-refractivity contribution in [2.75, 3.05) is 0 Å². The minimum Gasteiger partial charge on any atom is -0.472 e. The van der Waals surface area contributed by atoms with Gasteiger partial charge in [-0.2, -0.15) is 0 Å². The van der Waals surface area contributed by atoms with Gasteiger partial charge in [0.05, 0.1) is 12.5 Å². The maximum atomic E-state index is 5.29. The highest BCUT2D eigenvalue weighted by Crippen LogP contribution is 2.30. The third-order valence-electron chi connectivity index (χ3n) is 3.01. The van der Waals surface area contributed by atoms with Gasteiger partial charge in [-0.15, -0.1) is 0 Å². The van der Waals surface area contributed by atoms with Gasteiger partial charge in [-0.1, -0.05) is 27.7 Å². The third-order valence-corrected chi connectivity index (χ3v) is 3.01. The fourth-order valence-electron chi connectivity index (χ4n) is 1.56. The summed E-state index contributed by atoms with van der Waals surface area (Å²) in [6, 6.07) is 0. The zero-order valence-electron chi connectivity index (χ0n) is 9.13. The van der Waals surface area contributed by atoms with Crippen molar-refractivity contribution in [1.29, 1.82) is 0 Å². The van der Waals surface area contributed by atoms with E-state index in [1.165, 1.54) is 24.0 Å². The van der Waals surface area contributed by atoms with Crippen LogP contribution in [0.1, 0.15) is 63.5 Å². The SMILES string of the molecule is CCC(C)c1cocc1C(C)CC. The van der Waals surface area contributed by atoms with Crippen molar-refractivity contribution in [3.05, 3.63) is 23.7 Å².